The molecule has 11 heteroatoms. The summed E-state index contributed by atoms with van der Waals surface area (Å²) in [6, 6.07) is 11.6. The third kappa shape index (κ3) is 7.99. The number of aryl methyl sites for hydroxylation is 1. The Morgan fingerprint density at radius 2 is 1.62 bits per heavy atom. The van der Waals surface area contributed by atoms with Crippen LogP contribution in [0, 0.1) is 23.7 Å². The van der Waals surface area contributed by atoms with Crippen LogP contribution in [0.1, 0.15) is 93.1 Å². The van der Waals surface area contributed by atoms with Gasteiger partial charge in [0.05, 0.1) is 30.2 Å². The molecule has 50 heavy (non-hydrogen) atoms. The van der Waals surface area contributed by atoms with Crippen molar-refractivity contribution in [1.82, 2.24) is 9.62 Å². The van der Waals surface area contributed by atoms with E-state index in [4.69, 9.17) is 25.8 Å². The highest BCUT2D eigenvalue weighted by Crippen LogP contribution is 2.46. The fourth-order valence-electron chi connectivity index (χ4n) is 8.87. The van der Waals surface area contributed by atoms with Gasteiger partial charge in [-0.3, -0.25) is 9.69 Å². The first-order chi connectivity index (χ1) is 24.2. The molecule has 1 amide bonds. The molecule has 2 aromatic carbocycles. The van der Waals surface area contributed by atoms with E-state index in [1.54, 1.807) is 13.0 Å². The van der Waals surface area contributed by atoms with E-state index in [1.807, 2.05) is 37.3 Å². The normalized spacial score (nSPS) is 32.7. The second-order valence-corrected chi connectivity index (χ2v) is 17.9. The van der Waals surface area contributed by atoms with Gasteiger partial charge in [-0.1, -0.05) is 31.0 Å². The molecule has 1 aliphatic carbocycles. The molecule has 2 bridgehead atoms. The van der Waals surface area contributed by atoms with Crippen molar-refractivity contribution in [1.29, 1.82) is 0 Å². The number of rotatable bonds is 2. The van der Waals surface area contributed by atoms with E-state index in [-0.39, 0.29) is 18.1 Å². The van der Waals surface area contributed by atoms with Crippen LogP contribution in [0.25, 0.3) is 0 Å². The van der Waals surface area contributed by atoms with Gasteiger partial charge in [-0.05, 0) is 137 Å². The molecule has 0 aromatic heterocycles. The van der Waals surface area contributed by atoms with Crippen LogP contribution in [0.3, 0.4) is 0 Å². The predicted octanol–water partition coefficient (Wildman–Crippen LogP) is 6.81. The summed E-state index contributed by atoms with van der Waals surface area (Å²) in [5, 5.41) is 0.00779. The highest BCUT2D eigenvalue weighted by atomic mass is 35.5. The minimum Gasteiger partial charge on any atom is -0.487 e. The number of nitrogens with zero attached hydrogens (tertiary/aromatic N) is 2. The van der Waals surface area contributed by atoms with Crippen LogP contribution in [0.5, 0.6) is 5.75 Å². The second kappa shape index (κ2) is 15.7. The topological polar surface area (TPSA) is 97.4 Å². The number of hydrogen-bond donors (Lipinski definition) is 1. The van der Waals surface area contributed by atoms with Gasteiger partial charge < -0.3 is 19.1 Å². The lowest BCUT2D eigenvalue weighted by molar-refractivity contribution is -0.242. The van der Waals surface area contributed by atoms with Gasteiger partial charge in [0.1, 0.15) is 12.4 Å². The lowest BCUT2D eigenvalue weighted by atomic mass is 9.65. The van der Waals surface area contributed by atoms with Crippen LogP contribution in [-0.4, -0.2) is 76.2 Å². The van der Waals surface area contributed by atoms with E-state index in [0.717, 1.165) is 93.8 Å². The molecule has 4 aliphatic heterocycles. The quantitative estimate of drug-likeness (QED) is 0.361. The van der Waals surface area contributed by atoms with Gasteiger partial charge in [0.25, 0.3) is 5.91 Å². The Balaban J connectivity index is 1.20. The molecule has 9 nitrogen and oxygen atoms in total. The van der Waals surface area contributed by atoms with Gasteiger partial charge in [-0.15, -0.1) is 0 Å². The number of anilines is 1. The number of nitrogens with one attached hydrogen (secondary N) is 1. The largest absolute Gasteiger partial charge is 0.487 e. The molecule has 2 aromatic rings. The summed E-state index contributed by atoms with van der Waals surface area (Å²) in [7, 11) is -3.90. The zero-order valence-electron chi connectivity index (χ0n) is 29.7. The fraction of sp³-hybridized carbons (Fsp3) is 0.667. The van der Waals surface area contributed by atoms with Gasteiger partial charge >= 0.3 is 0 Å². The van der Waals surface area contributed by atoms with Gasteiger partial charge in [-0.25, -0.2) is 13.1 Å². The maximum atomic E-state index is 13.6. The van der Waals surface area contributed by atoms with E-state index >= 15 is 0 Å². The van der Waals surface area contributed by atoms with Crippen molar-refractivity contribution in [2.45, 2.75) is 102 Å². The summed E-state index contributed by atoms with van der Waals surface area (Å²) < 4.78 is 49.1. The van der Waals surface area contributed by atoms with E-state index in [9.17, 15) is 13.2 Å². The minimum atomic E-state index is -3.90. The molecule has 1 saturated carbocycles. The van der Waals surface area contributed by atoms with Crippen LogP contribution in [0.4, 0.5) is 5.69 Å². The highest BCUT2D eigenvalue weighted by Gasteiger charge is 2.44. The van der Waals surface area contributed by atoms with Crippen LogP contribution in [0.15, 0.2) is 36.4 Å². The van der Waals surface area contributed by atoms with Crippen molar-refractivity contribution in [3.63, 3.8) is 0 Å². The van der Waals surface area contributed by atoms with Crippen molar-refractivity contribution in [2.75, 3.05) is 44.3 Å². The molecule has 0 spiro atoms. The Morgan fingerprint density at radius 1 is 0.840 bits per heavy atom. The first kappa shape index (κ1) is 36.0. The van der Waals surface area contributed by atoms with Crippen molar-refractivity contribution >= 4 is 33.2 Å². The van der Waals surface area contributed by atoms with Crippen molar-refractivity contribution < 1.29 is 27.4 Å². The van der Waals surface area contributed by atoms with Crippen molar-refractivity contribution in [2.24, 2.45) is 23.7 Å². The third-order valence-electron chi connectivity index (χ3n) is 12.4. The maximum absolute atomic E-state index is 13.6. The molecule has 3 fully saturated rings. The Labute approximate surface area is 303 Å². The van der Waals surface area contributed by atoms with E-state index in [0.29, 0.717) is 49.0 Å². The van der Waals surface area contributed by atoms with Gasteiger partial charge in [0.2, 0.25) is 10.0 Å². The van der Waals surface area contributed by atoms with E-state index in [2.05, 4.69) is 14.5 Å². The maximum Gasteiger partial charge on any atom is 0.264 e. The summed E-state index contributed by atoms with van der Waals surface area (Å²) in [6.45, 7) is 9.36. The first-order valence-corrected chi connectivity index (χ1v) is 20.9. The number of halogens is 1. The number of benzene rings is 2. The Bertz CT molecular complexity index is 1610. The van der Waals surface area contributed by atoms with Gasteiger partial charge in [0, 0.05) is 29.6 Å². The Hall–Kier alpha value is -2.37. The lowest BCUT2D eigenvalue weighted by Crippen LogP contribution is -2.51. The number of carbonyl (C=O) groups is 1. The Morgan fingerprint density at radius 3 is 2.38 bits per heavy atom. The molecule has 0 unspecified atom stereocenters. The molecular weight excluding hydrogens is 674 g/mol. The smallest absolute Gasteiger partial charge is 0.264 e. The number of fused-ring (bicyclic) bond motifs is 3. The molecule has 5 atom stereocenters. The van der Waals surface area contributed by atoms with Crippen LogP contribution < -0.4 is 14.4 Å². The number of carbonyl (C=O) groups excluding carboxylic acids is 1. The Kier molecular flexibility index (Phi) is 11.3. The average Bonchev–Trinajstić information content (AvgIpc) is 3.63. The van der Waals surface area contributed by atoms with Crippen LogP contribution in [0.2, 0.25) is 5.02 Å². The van der Waals surface area contributed by atoms with E-state index in [1.165, 1.54) is 18.4 Å². The number of amides is 1. The first-order valence-electron chi connectivity index (χ1n) is 19.0. The number of hydrogen-bond acceptors (Lipinski definition) is 8. The molecule has 4 heterocycles. The zero-order chi connectivity index (χ0) is 34.8. The average molecular weight is 728 g/mol. The number of ether oxygens (including phenoxy) is 3. The molecule has 5 aliphatic rings. The number of likely N-dealkylation sites (tertiary alicyclic amines) is 1. The highest BCUT2D eigenvalue weighted by molar-refractivity contribution is 7.90. The molecule has 2 saturated heterocycles. The van der Waals surface area contributed by atoms with Gasteiger partial charge in [-0.2, -0.15) is 0 Å². The number of sulfonamides is 1. The fourth-order valence-corrected chi connectivity index (χ4v) is 10.4. The molecule has 274 valence electrons. The summed E-state index contributed by atoms with van der Waals surface area (Å²) in [5.41, 5.74) is 3.45. The van der Waals surface area contributed by atoms with Crippen molar-refractivity contribution in [3.05, 3.63) is 58.1 Å². The molecule has 7 rings (SSSR count). The molecular formula is C39H54ClN3O6S. The monoisotopic (exact) mass is 727 g/mol. The summed E-state index contributed by atoms with van der Waals surface area (Å²) in [4.78, 5) is 18.5. The standard InChI is InChI=1S/C39H54ClN3O6S/c1-26-8-7-10-35(39-48-24-33(25-49-39)42-17-5-6-18-42)34-15-12-30(34)22-43-19-4-3-9-28-20-32(40)14-11-31(28)23-47-37-16-13-29(21-36(37)43)38(44)41-50(45,46)27(26)2/h11,13-14,16,20-21,26-27,30,33-35,39H,3-10,12,15,17-19,22-25H2,1-2H3,(H,41,44)/t26-,27+,30-,33-,34+,35-,39+/m0/s1. The molecule has 1 N–H and O–H groups in total. The summed E-state index contributed by atoms with van der Waals surface area (Å²) in [5.74, 6) is 1.09. The zero-order valence-corrected chi connectivity index (χ0v) is 31.2. The lowest BCUT2D eigenvalue weighted by Gasteiger charge is -2.48. The van der Waals surface area contributed by atoms with Crippen LogP contribution in [-0.2, 0) is 32.5 Å². The minimum absolute atomic E-state index is 0.118. The van der Waals surface area contributed by atoms with Crippen LogP contribution >= 0.6 is 11.6 Å². The van der Waals surface area contributed by atoms with Gasteiger partial charge in [0.15, 0.2) is 6.29 Å². The third-order valence-corrected chi connectivity index (χ3v) is 14.5. The van der Waals surface area contributed by atoms with E-state index < -0.39 is 21.2 Å². The summed E-state index contributed by atoms with van der Waals surface area (Å²) >= 11 is 6.39. The molecule has 0 radical (unpaired) electrons. The summed E-state index contributed by atoms with van der Waals surface area (Å²) in [6.07, 6.45) is 9.93. The second-order valence-electron chi connectivity index (χ2n) is 15.5. The predicted molar refractivity (Wildman–Crippen MR) is 196 cm³/mol. The SMILES string of the molecule is C[C@@H]1[C@@H](C)CCC[C@H]([C@H]2OC[C@@H](N3CCCC3)CO2)[C@@H]2CC[C@H]2CN2CCCCc3cc(Cl)ccc3COc3ccc(cc32)C(=O)NS1(=O)=O. The van der Waals surface area contributed by atoms with Crippen molar-refractivity contribution in [3.8, 4) is 5.75 Å².